The molecule has 198 valence electrons. The molecular weight excluding hydrogens is 516 g/mol. The highest BCUT2D eigenvalue weighted by Crippen LogP contribution is 2.32. The van der Waals surface area contributed by atoms with Gasteiger partial charge in [0.2, 0.25) is 0 Å². The molecule has 0 unspecified atom stereocenters. The molecule has 0 spiro atoms. The topological polar surface area (TPSA) is 111 Å². The molecule has 6 aromatic rings. The first-order valence-electron chi connectivity index (χ1n) is 12.8. The number of rotatable bonds is 7. The standard InChI is InChI=1S/C33H22N4O4/c38-29(19-16-24-21-36(25-14-8-3-9-15-25)35-32(24)23-12-6-2-7-13-23)31-30(22-10-4-1-5-11-22)27-20-26(37(40)41)17-18-28(27)34-33(31)39/h1-21H,(H,34,39)/b19-16+. The molecule has 41 heavy (non-hydrogen) atoms. The van der Waals surface area contributed by atoms with Gasteiger partial charge in [0.1, 0.15) is 0 Å². The van der Waals surface area contributed by atoms with Crippen LogP contribution >= 0.6 is 0 Å². The Kier molecular flexibility index (Phi) is 6.63. The third-order valence-corrected chi connectivity index (χ3v) is 6.74. The number of non-ortho nitro benzene ring substituents is 1. The minimum absolute atomic E-state index is 0.0999. The number of ketones is 1. The number of aromatic amines is 1. The fraction of sp³-hybridized carbons (Fsp3) is 0. The van der Waals surface area contributed by atoms with Gasteiger partial charge in [-0.3, -0.25) is 19.7 Å². The second kappa shape index (κ2) is 10.7. The average Bonchev–Trinajstić information content (AvgIpc) is 3.44. The van der Waals surface area contributed by atoms with Crippen LogP contribution in [0.25, 0.3) is 45.1 Å². The van der Waals surface area contributed by atoms with Crippen molar-refractivity contribution in [3.05, 3.63) is 153 Å². The second-order valence-electron chi connectivity index (χ2n) is 9.33. The maximum atomic E-state index is 13.8. The van der Waals surface area contributed by atoms with Crippen LogP contribution in [-0.2, 0) is 0 Å². The van der Waals surface area contributed by atoms with Crippen molar-refractivity contribution < 1.29 is 9.72 Å². The van der Waals surface area contributed by atoms with E-state index >= 15 is 0 Å². The lowest BCUT2D eigenvalue weighted by Crippen LogP contribution is -2.18. The first-order chi connectivity index (χ1) is 20.0. The van der Waals surface area contributed by atoms with E-state index in [9.17, 15) is 19.7 Å². The summed E-state index contributed by atoms with van der Waals surface area (Å²) in [6, 6.07) is 32.3. The number of nitro benzene ring substituents is 1. The highest BCUT2D eigenvalue weighted by atomic mass is 16.6. The van der Waals surface area contributed by atoms with Gasteiger partial charge >= 0.3 is 0 Å². The largest absolute Gasteiger partial charge is 0.321 e. The average molecular weight is 539 g/mol. The van der Waals surface area contributed by atoms with E-state index < -0.39 is 16.3 Å². The first-order valence-corrected chi connectivity index (χ1v) is 12.8. The van der Waals surface area contributed by atoms with E-state index in [0.29, 0.717) is 33.3 Å². The lowest BCUT2D eigenvalue weighted by molar-refractivity contribution is -0.384. The number of fused-ring (bicyclic) bond motifs is 1. The molecule has 0 aliphatic rings. The van der Waals surface area contributed by atoms with Gasteiger partial charge in [-0.15, -0.1) is 0 Å². The van der Waals surface area contributed by atoms with E-state index in [2.05, 4.69) is 4.98 Å². The summed E-state index contributed by atoms with van der Waals surface area (Å²) < 4.78 is 1.74. The van der Waals surface area contributed by atoms with Crippen LogP contribution in [0.4, 0.5) is 5.69 Å². The molecule has 0 saturated heterocycles. The lowest BCUT2D eigenvalue weighted by Gasteiger charge is -2.11. The molecule has 0 bridgehead atoms. The number of allylic oxidation sites excluding steroid dienone is 1. The SMILES string of the molecule is O=C(/C=C/c1cn(-c2ccccc2)nc1-c1ccccc1)c1c(-c2ccccc2)c2cc([N+](=O)[O-])ccc2[nH]c1=O. The van der Waals surface area contributed by atoms with Crippen LogP contribution in [-0.4, -0.2) is 25.5 Å². The molecule has 2 heterocycles. The van der Waals surface area contributed by atoms with Crippen LogP contribution in [0.3, 0.4) is 0 Å². The number of carbonyl (C=O) groups is 1. The van der Waals surface area contributed by atoms with Gasteiger partial charge in [-0.2, -0.15) is 5.10 Å². The predicted octanol–water partition coefficient (Wildman–Crippen LogP) is 6.85. The van der Waals surface area contributed by atoms with Crippen molar-refractivity contribution in [3.63, 3.8) is 0 Å². The van der Waals surface area contributed by atoms with Gasteiger partial charge in [-0.25, -0.2) is 4.68 Å². The summed E-state index contributed by atoms with van der Waals surface area (Å²) in [6.07, 6.45) is 4.81. The molecule has 0 aliphatic carbocycles. The quantitative estimate of drug-likeness (QED) is 0.103. The molecule has 2 aromatic heterocycles. The number of H-pyrrole nitrogens is 1. The summed E-state index contributed by atoms with van der Waals surface area (Å²) in [5.74, 6) is -0.537. The van der Waals surface area contributed by atoms with E-state index in [-0.39, 0.29) is 11.3 Å². The summed E-state index contributed by atoms with van der Waals surface area (Å²) in [4.78, 5) is 40.8. The highest BCUT2D eigenvalue weighted by Gasteiger charge is 2.21. The summed E-state index contributed by atoms with van der Waals surface area (Å²) in [5, 5.41) is 16.7. The van der Waals surface area contributed by atoms with Crippen LogP contribution in [0, 0.1) is 10.1 Å². The Morgan fingerprint density at radius 3 is 2.15 bits per heavy atom. The Bertz CT molecular complexity index is 1990. The molecule has 8 nitrogen and oxygen atoms in total. The minimum Gasteiger partial charge on any atom is -0.321 e. The number of hydrogen-bond acceptors (Lipinski definition) is 5. The van der Waals surface area contributed by atoms with Gasteiger partial charge < -0.3 is 4.98 Å². The maximum absolute atomic E-state index is 13.8. The smallest absolute Gasteiger partial charge is 0.270 e. The van der Waals surface area contributed by atoms with Gasteiger partial charge in [0.25, 0.3) is 11.2 Å². The number of aromatic nitrogens is 3. The fourth-order valence-electron chi connectivity index (χ4n) is 4.83. The zero-order chi connectivity index (χ0) is 28.3. The van der Waals surface area contributed by atoms with E-state index in [0.717, 1.165) is 11.3 Å². The zero-order valence-electron chi connectivity index (χ0n) is 21.6. The third kappa shape index (κ3) is 4.97. The lowest BCUT2D eigenvalue weighted by atomic mass is 9.93. The number of benzene rings is 4. The van der Waals surface area contributed by atoms with Gasteiger partial charge in [0.15, 0.2) is 5.78 Å². The normalized spacial score (nSPS) is 11.2. The molecule has 6 rings (SSSR count). The Labute approximate surface area is 234 Å². The Balaban J connectivity index is 1.50. The summed E-state index contributed by atoms with van der Waals surface area (Å²) in [6.45, 7) is 0. The van der Waals surface area contributed by atoms with Crippen molar-refractivity contribution in [2.24, 2.45) is 0 Å². The number of carbonyl (C=O) groups excluding carboxylic acids is 1. The number of pyridine rings is 1. The van der Waals surface area contributed by atoms with Crippen LogP contribution < -0.4 is 5.56 Å². The Morgan fingerprint density at radius 1 is 0.854 bits per heavy atom. The summed E-state index contributed by atoms with van der Waals surface area (Å²) in [5.41, 5.74) is 3.60. The van der Waals surface area contributed by atoms with E-state index in [1.165, 1.54) is 24.3 Å². The number of para-hydroxylation sites is 1. The van der Waals surface area contributed by atoms with Gasteiger partial charge in [0, 0.05) is 45.9 Å². The van der Waals surface area contributed by atoms with Crippen LogP contribution in [0.15, 0.2) is 126 Å². The monoisotopic (exact) mass is 538 g/mol. The summed E-state index contributed by atoms with van der Waals surface area (Å²) in [7, 11) is 0. The molecule has 0 aliphatic heterocycles. The molecule has 0 atom stereocenters. The zero-order valence-corrected chi connectivity index (χ0v) is 21.6. The Morgan fingerprint density at radius 2 is 1.49 bits per heavy atom. The van der Waals surface area contributed by atoms with Crippen LogP contribution in [0.2, 0.25) is 0 Å². The maximum Gasteiger partial charge on any atom is 0.270 e. The first kappa shape index (κ1) is 25.4. The van der Waals surface area contributed by atoms with E-state index in [1.807, 2.05) is 72.9 Å². The van der Waals surface area contributed by atoms with Crippen molar-refractivity contribution >= 4 is 28.4 Å². The molecule has 4 aromatic carbocycles. The summed E-state index contributed by atoms with van der Waals surface area (Å²) >= 11 is 0. The van der Waals surface area contributed by atoms with Crippen LogP contribution in [0.5, 0.6) is 0 Å². The Hall–Kier alpha value is -5.89. The molecule has 0 saturated carbocycles. The molecule has 0 amide bonds. The van der Waals surface area contributed by atoms with E-state index in [1.54, 1.807) is 35.0 Å². The van der Waals surface area contributed by atoms with Gasteiger partial charge in [0.05, 0.1) is 21.9 Å². The van der Waals surface area contributed by atoms with E-state index in [4.69, 9.17) is 5.10 Å². The molecule has 1 N–H and O–H groups in total. The van der Waals surface area contributed by atoms with Crippen LogP contribution in [0.1, 0.15) is 15.9 Å². The van der Waals surface area contributed by atoms with Gasteiger partial charge in [-0.1, -0.05) is 78.9 Å². The van der Waals surface area contributed by atoms with Crippen molar-refractivity contribution in [2.45, 2.75) is 0 Å². The number of nitrogens with zero attached hydrogens (tertiary/aromatic N) is 3. The molecular formula is C33H22N4O4. The number of nitro groups is 1. The number of nitrogens with one attached hydrogen (secondary N) is 1. The van der Waals surface area contributed by atoms with Gasteiger partial charge in [-0.05, 0) is 35.9 Å². The van der Waals surface area contributed by atoms with Crippen molar-refractivity contribution in [1.82, 2.24) is 14.8 Å². The number of hydrogen-bond donors (Lipinski definition) is 1. The van der Waals surface area contributed by atoms with Crippen molar-refractivity contribution in [1.29, 1.82) is 0 Å². The van der Waals surface area contributed by atoms with Crippen molar-refractivity contribution in [3.8, 4) is 28.1 Å². The highest BCUT2D eigenvalue weighted by molar-refractivity contribution is 6.15. The third-order valence-electron chi connectivity index (χ3n) is 6.74. The van der Waals surface area contributed by atoms with Crippen molar-refractivity contribution in [2.75, 3.05) is 0 Å². The molecule has 0 fully saturated rings. The second-order valence-corrected chi connectivity index (χ2v) is 9.33. The predicted molar refractivity (Wildman–Crippen MR) is 159 cm³/mol. The molecule has 0 radical (unpaired) electrons. The fourth-order valence-corrected chi connectivity index (χ4v) is 4.83. The molecule has 8 heteroatoms. The minimum atomic E-state index is -0.580.